The zero-order valence-electron chi connectivity index (χ0n) is 10.3. The van der Waals surface area contributed by atoms with Gasteiger partial charge in [-0.25, -0.2) is 0 Å². The van der Waals surface area contributed by atoms with Gasteiger partial charge in [0.05, 0.1) is 5.69 Å². The lowest BCUT2D eigenvalue weighted by Crippen LogP contribution is -2.36. The molecule has 1 fully saturated rings. The average Bonchev–Trinajstić information content (AvgIpc) is 2.28. The molecule has 1 saturated heterocycles. The van der Waals surface area contributed by atoms with Crippen molar-refractivity contribution in [2.75, 3.05) is 23.7 Å². The number of hydrogen-bond donors (Lipinski definition) is 1. The molecule has 1 unspecified atom stereocenters. The molecule has 2 rings (SSSR count). The number of benzene rings is 1. The van der Waals surface area contributed by atoms with Gasteiger partial charge in [-0.15, -0.1) is 0 Å². The molecule has 1 heterocycles. The van der Waals surface area contributed by atoms with Gasteiger partial charge >= 0.3 is 0 Å². The summed E-state index contributed by atoms with van der Waals surface area (Å²) in [7, 11) is 0. The highest BCUT2D eigenvalue weighted by molar-refractivity contribution is 9.10. The van der Waals surface area contributed by atoms with Crippen LogP contribution in [0.3, 0.4) is 0 Å². The molecule has 17 heavy (non-hydrogen) atoms. The van der Waals surface area contributed by atoms with Gasteiger partial charge in [0, 0.05) is 34.6 Å². The Kier molecular flexibility index (Phi) is 4.39. The second-order valence-corrected chi connectivity index (χ2v) is 7.03. The molecule has 4 heteroatoms. The van der Waals surface area contributed by atoms with E-state index in [0.29, 0.717) is 5.25 Å². The molecular formula is C13H19BrN2S. The third-order valence-corrected chi connectivity index (χ3v) is 4.85. The minimum Gasteiger partial charge on any atom is -0.369 e. The smallest absolute Gasteiger partial charge is 0.0511 e. The van der Waals surface area contributed by atoms with Gasteiger partial charge in [0.25, 0.3) is 0 Å². The molecule has 0 spiro atoms. The van der Waals surface area contributed by atoms with Crippen LogP contribution in [0.2, 0.25) is 0 Å². The monoisotopic (exact) mass is 314 g/mol. The second-order valence-electron chi connectivity index (χ2n) is 4.63. The first-order valence-corrected chi connectivity index (χ1v) is 7.83. The molecule has 0 amide bonds. The lowest BCUT2D eigenvalue weighted by atomic mass is 10.1. The maximum Gasteiger partial charge on any atom is 0.0511 e. The molecule has 1 aromatic rings. The van der Waals surface area contributed by atoms with Crippen molar-refractivity contribution < 1.29 is 0 Å². The molecule has 0 bridgehead atoms. The summed E-state index contributed by atoms with van der Waals surface area (Å²) < 4.78 is 1.16. The third kappa shape index (κ3) is 3.18. The number of thioether (sulfide) groups is 1. The Morgan fingerprint density at radius 3 is 2.88 bits per heavy atom. The number of hydrogen-bond acceptors (Lipinski definition) is 3. The number of rotatable bonds is 2. The van der Waals surface area contributed by atoms with E-state index in [4.69, 9.17) is 5.73 Å². The summed E-state index contributed by atoms with van der Waals surface area (Å²) >= 11 is 5.72. The maximum atomic E-state index is 5.90. The Morgan fingerprint density at radius 1 is 1.53 bits per heavy atom. The van der Waals surface area contributed by atoms with E-state index < -0.39 is 0 Å². The van der Waals surface area contributed by atoms with Gasteiger partial charge in [0.2, 0.25) is 0 Å². The first kappa shape index (κ1) is 13.2. The van der Waals surface area contributed by atoms with Crippen molar-refractivity contribution in [1.82, 2.24) is 0 Å². The molecule has 2 N–H and O–H groups in total. The Hall–Kier alpha value is -0.190. The van der Waals surface area contributed by atoms with Crippen LogP contribution >= 0.6 is 27.7 Å². The van der Waals surface area contributed by atoms with Crippen molar-refractivity contribution in [1.29, 1.82) is 0 Å². The molecule has 1 aliphatic heterocycles. The van der Waals surface area contributed by atoms with Crippen molar-refractivity contribution in [2.24, 2.45) is 5.73 Å². The number of halogens is 1. The summed E-state index contributed by atoms with van der Waals surface area (Å²) in [5.74, 6) is 1.21. The molecule has 0 saturated carbocycles. The third-order valence-electron chi connectivity index (χ3n) is 3.08. The van der Waals surface area contributed by atoms with Crippen LogP contribution in [0.4, 0.5) is 5.69 Å². The number of nitrogens with two attached hydrogens (primary N) is 1. The van der Waals surface area contributed by atoms with Gasteiger partial charge in [-0.05, 0) is 40.5 Å². The minimum atomic E-state index is 0.0937. The normalized spacial score (nSPS) is 22.6. The van der Waals surface area contributed by atoms with E-state index in [0.717, 1.165) is 17.6 Å². The predicted octanol–water partition coefficient (Wildman–Crippen LogP) is 3.41. The topological polar surface area (TPSA) is 29.3 Å². The first-order valence-electron chi connectivity index (χ1n) is 5.99. The Bertz CT molecular complexity index is 395. The van der Waals surface area contributed by atoms with Crippen LogP contribution in [0.1, 0.15) is 25.5 Å². The molecule has 2 nitrogen and oxygen atoms in total. The summed E-state index contributed by atoms with van der Waals surface area (Å²) in [6, 6.07) is 6.56. The summed E-state index contributed by atoms with van der Waals surface area (Å²) in [5, 5.41) is 0.712. The zero-order chi connectivity index (χ0) is 12.4. The summed E-state index contributed by atoms with van der Waals surface area (Å²) in [6.07, 6.45) is 0. The largest absolute Gasteiger partial charge is 0.369 e. The number of anilines is 1. The average molecular weight is 315 g/mol. The van der Waals surface area contributed by atoms with Crippen LogP contribution in [-0.2, 0) is 0 Å². The van der Waals surface area contributed by atoms with Crippen molar-refractivity contribution >= 4 is 33.4 Å². The van der Waals surface area contributed by atoms with Gasteiger partial charge in [-0.3, -0.25) is 0 Å². The van der Waals surface area contributed by atoms with E-state index in [1.54, 1.807) is 0 Å². The molecule has 1 aromatic carbocycles. The van der Waals surface area contributed by atoms with Crippen LogP contribution in [0.15, 0.2) is 22.7 Å². The Morgan fingerprint density at radius 2 is 2.29 bits per heavy atom. The SMILES string of the molecule is CC1CN(c2ccc([C@H](C)N)cc2Br)CCS1. The quantitative estimate of drug-likeness (QED) is 0.907. The highest BCUT2D eigenvalue weighted by Gasteiger charge is 2.19. The Labute approximate surface area is 116 Å². The maximum absolute atomic E-state index is 5.90. The van der Waals surface area contributed by atoms with E-state index in [1.807, 2.05) is 6.92 Å². The van der Waals surface area contributed by atoms with Gasteiger partial charge < -0.3 is 10.6 Å². The van der Waals surface area contributed by atoms with Crippen LogP contribution in [0.5, 0.6) is 0 Å². The molecule has 0 radical (unpaired) electrons. The van der Waals surface area contributed by atoms with Gasteiger partial charge in [0.15, 0.2) is 0 Å². The highest BCUT2D eigenvalue weighted by Crippen LogP contribution is 2.31. The highest BCUT2D eigenvalue weighted by atomic mass is 79.9. The van der Waals surface area contributed by atoms with E-state index >= 15 is 0 Å². The van der Waals surface area contributed by atoms with E-state index in [9.17, 15) is 0 Å². The summed E-state index contributed by atoms with van der Waals surface area (Å²) in [5.41, 5.74) is 8.37. The van der Waals surface area contributed by atoms with E-state index in [-0.39, 0.29) is 6.04 Å². The standard InChI is InChI=1S/C13H19BrN2S/c1-9-8-16(5-6-17-9)13-4-3-11(10(2)15)7-12(13)14/h3-4,7,9-10H,5-6,8,15H2,1-2H3/t9?,10-/m0/s1. The molecule has 2 atom stereocenters. The van der Waals surface area contributed by atoms with Crippen molar-refractivity contribution in [3.63, 3.8) is 0 Å². The molecule has 0 aliphatic carbocycles. The number of nitrogens with zero attached hydrogens (tertiary/aromatic N) is 1. The minimum absolute atomic E-state index is 0.0937. The van der Waals surface area contributed by atoms with E-state index in [1.165, 1.54) is 17.0 Å². The van der Waals surface area contributed by atoms with Crippen LogP contribution in [0.25, 0.3) is 0 Å². The van der Waals surface area contributed by atoms with Crippen molar-refractivity contribution in [3.05, 3.63) is 28.2 Å². The molecule has 1 aliphatic rings. The van der Waals surface area contributed by atoms with Crippen molar-refractivity contribution in [2.45, 2.75) is 25.1 Å². The van der Waals surface area contributed by atoms with Crippen LogP contribution in [-0.4, -0.2) is 24.1 Å². The fourth-order valence-electron chi connectivity index (χ4n) is 2.10. The molecule has 94 valence electrons. The second kappa shape index (κ2) is 5.63. The summed E-state index contributed by atoms with van der Waals surface area (Å²) in [4.78, 5) is 2.45. The van der Waals surface area contributed by atoms with Crippen LogP contribution in [0, 0.1) is 0 Å². The molecular weight excluding hydrogens is 296 g/mol. The fraction of sp³-hybridized carbons (Fsp3) is 0.538. The summed E-state index contributed by atoms with van der Waals surface area (Å²) in [6.45, 7) is 6.56. The fourth-order valence-corrected chi connectivity index (χ4v) is 3.76. The van der Waals surface area contributed by atoms with Gasteiger partial charge in [-0.1, -0.05) is 13.0 Å². The Balaban J connectivity index is 2.21. The lowest BCUT2D eigenvalue weighted by Gasteiger charge is -2.33. The van der Waals surface area contributed by atoms with Crippen molar-refractivity contribution in [3.8, 4) is 0 Å². The van der Waals surface area contributed by atoms with Crippen LogP contribution < -0.4 is 10.6 Å². The van der Waals surface area contributed by atoms with Gasteiger partial charge in [0.1, 0.15) is 0 Å². The zero-order valence-corrected chi connectivity index (χ0v) is 12.7. The lowest BCUT2D eigenvalue weighted by molar-refractivity contribution is 0.777. The first-order chi connectivity index (χ1) is 8.08. The van der Waals surface area contributed by atoms with Gasteiger partial charge in [-0.2, -0.15) is 11.8 Å². The predicted molar refractivity (Wildman–Crippen MR) is 80.9 cm³/mol. The molecule has 0 aromatic heterocycles. The van der Waals surface area contributed by atoms with E-state index in [2.05, 4.69) is 57.7 Å².